The Morgan fingerprint density at radius 2 is 1.89 bits per heavy atom. The van der Waals surface area contributed by atoms with Gasteiger partial charge in [0.15, 0.2) is 13.9 Å². The molecule has 1 fully saturated rings. The number of aromatic nitrogens is 3. The van der Waals surface area contributed by atoms with Gasteiger partial charge in [-0.15, -0.1) is 5.10 Å². The Morgan fingerprint density at radius 1 is 1.11 bits per heavy atom. The molecule has 0 aliphatic carbocycles. The molecule has 6 rings (SSSR count). The highest BCUT2D eigenvalue weighted by Gasteiger charge is 2.66. The van der Waals surface area contributed by atoms with Crippen molar-refractivity contribution in [2.45, 2.75) is 63.2 Å². The van der Waals surface area contributed by atoms with Crippen LogP contribution in [0.1, 0.15) is 40.5 Å². The molecule has 4 aromatic rings. The summed E-state index contributed by atoms with van der Waals surface area (Å²) in [5, 5.41) is 20.6. The second-order valence-corrected chi connectivity index (χ2v) is 16.9. The van der Waals surface area contributed by atoms with Gasteiger partial charge in [0.05, 0.1) is 31.1 Å². The lowest BCUT2D eigenvalue weighted by atomic mass is 9.82. The monoisotopic (exact) mass is 655 g/mol. The van der Waals surface area contributed by atoms with Crippen LogP contribution in [-0.2, 0) is 34.6 Å². The van der Waals surface area contributed by atoms with E-state index in [-0.39, 0.29) is 36.4 Å². The summed E-state index contributed by atoms with van der Waals surface area (Å²) < 4.78 is 14.3. The third-order valence-corrected chi connectivity index (χ3v) is 11.9. The highest BCUT2D eigenvalue weighted by atomic mass is 28.4. The summed E-state index contributed by atoms with van der Waals surface area (Å²) in [6, 6.07) is 22.1. The first-order valence-electron chi connectivity index (χ1n) is 15.9. The number of benzene rings is 3. The smallest absolute Gasteiger partial charge is 0.264 e. The molecular formula is C35H41N5O6Si. The average molecular weight is 656 g/mol. The molecule has 4 atom stereocenters. The van der Waals surface area contributed by atoms with E-state index in [9.17, 15) is 19.5 Å². The number of rotatable bonds is 11. The summed E-state index contributed by atoms with van der Waals surface area (Å²) in [5.74, 6) is -0.130. The van der Waals surface area contributed by atoms with Crippen molar-refractivity contribution in [3.8, 4) is 5.75 Å². The zero-order chi connectivity index (χ0) is 33.3. The summed E-state index contributed by atoms with van der Waals surface area (Å²) in [7, 11) is -1.26. The van der Waals surface area contributed by atoms with Crippen LogP contribution in [0.15, 0.2) is 79.0 Å². The minimum Gasteiger partial charge on any atom is -0.497 e. The molecule has 12 heteroatoms. The van der Waals surface area contributed by atoms with Crippen LogP contribution in [0.5, 0.6) is 5.75 Å². The van der Waals surface area contributed by atoms with Crippen molar-refractivity contribution in [3.05, 3.63) is 101 Å². The number of nitrogens with one attached hydrogen (secondary N) is 1. The van der Waals surface area contributed by atoms with Crippen LogP contribution < -0.4 is 15.0 Å². The number of carbonyl (C=O) groups excluding carboxylic acids is 2. The molecule has 47 heavy (non-hydrogen) atoms. The maximum absolute atomic E-state index is 14.8. The standard InChI is InChI=1S/C35H41N5O6Si/c1-23-32(47(3,4)44)31(15-17-39-22-27(16-18-41)37-38-39)46-35(23)29-20-28(45-2)13-14-30(29)40(34(35)43)21-24-9-8-12-26(19-24)36-33(42)25-10-6-5-7-11-25/h5-14,19-20,22-23,31-32,41,44H,15-18,21H2,1-4H3,(H,36,42)/t23-,31+,32-,35+/m0/s1. The Labute approximate surface area is 275 Å². The number of methoxy groups -OCH3 is 1. The largest absolute Gasteiger partial charge is 0.497 e. The normalized spacial score (nSPS) is 22.1. The van der Waals surface area contributed by atoms with Crippen LogP contribution in [-0.4, -0.2) is 64.8 Å². The van der Waals surface area contributed by atoms with Gasteiger partial charge in [-0.3, -0.25) is 14.3 Å². The number of amides is 2. The molecule has 0 unspecified atom stereocenters. The minimum atomic E-state index is -2.86. The fourth-order valence-corrected chi connectivity index (χ4v) is 9.87. The summed E-state index contributed by atoms with van der Waals surface area (Å²) in [5.41, 5.74) is 2.59. The second kappa shape index (κ2) is 13.0. The van der Waals surface area contributed by atoms with Gasteiger partial charge in [-0.25, -0.2) is 0 Å². The number of anilines is 2. The van der Waals surface area contributed by atoms with Crippen LogP contribution in [0, 0.1) is 5.92 Å². The summed E-state index contributed by atoms with van der Waals surface area (Å²) in [6.45, 7) is 6.54. The van der Waals surface area contributed by atoms with E-state index in [4.69, 9.17) is 9.47 Å². The maximum atomic E-state index is 14.8. The number of nitrogens with zero attached hydrogens (tertiary/aromatic N) is 4. The number of aliphatic hydroxyl groups is 1. The molecule has 0 bridgehead atoms. The van der Waals surface area contributed by atoms with E-state index in [2.05, 4.69) is 15.6 Å². The van der Waals surface area contributed by atoms with Crippen molar-refractivity contribution >= 4 is 31.5 Å². The van der Waals surface area contributed by atoms with E-state index in [1.807, 2.05) is 80.7 Å². The van der Waals surface area contributed by atoms with Crippen LogP contribution >= 0.6 is 0 Å². The van der Waals surface area contributed by atoms with Gasteiger partial charge in [0.2, 0.25) is 0 Å². The fourth-order valence-electron chi connectivity index (χ4n) is 7.27. The maximum Gasteiger partial charge on any atom is 0.264 e. The van der Waals surface area contributed by atoms with Gasteiger partial charge in [-0.2, -0.15) is 0 Å². The molecule has 2 aliphatic heterocycles. The van der Waals surface area contributed by atoms with Crippen molar-refractivity contribution in [1.82, 2.24) is 15.0 Å². The molecule has 3 N–H and O–H groups in total. The molecule has 1 saturated heterocycles. The Balaban J connectivity index is 1.31. The molecule has 1 aromatic heterocycles. The first kappa shape index (κ1) is 32.6. The molecule has 0 saturated carbocycles. The van der Waals surface area contributed by atoms with Gasteiger partial charge < -0.3 is 29.6 Å². The number of hydrogen-bond donors (Lipinski definition) is 3. The fraction of sp³-hybridized carbons (Fsp3) is 0.371. The lowest BCUT2D eigenvalue weighted by Crippen LogP contribution is -2.46. The van der Waals surface area contributed by atoms with Gasteiger partial charge in [0.25, 0.3) is 11.8 Å². The Kier molecular flexibility index (Phi) is 9.03. The second-order valence-electron chi connectivity index (χ2n) is 12.9. The van der Waals surface area contributed by atoms with Gasteiger partial charge in [-0.05, 0) is 67.5 Å². The molecule has 2 aliphatic rings. The highest BCUT2D eigenvalue weighted by molar-refractivity contribution is 6.71. The van der Waals surface area contributed by atoms with E-state index in [1.165, 1.54) is 0 Å². The van der Waals surface area contributed by atoms with Gasteiger partial charge in [-0.1, -0.05) is 42.5 Å². The highest BCUT2D eigenvalue weighted by Crippen LogP contribution is 2.60. The van der Waals surface area contributed by atoms with E-state index < -0.39 is 20.0 Å². The third-order valence-electron chi connectivity index (χ3n) is 9.35. The van der Waals surface area contributed by atoms with Crippen LogP contribution in [0.4, 0.5) is 11.4 Å². The van der Waals surface area contributed by atoms with Gasteiger partial charge >= 0.3 is 0 Å². The van der Waals surface area contributed by atoms with E-state index >= 15 is 0 Å². The van der Waals surface area contributed by atoms with E-state index in [0.717, 1.165) is 16.8 Å². The van der Waals surface area contributed by atoms with Crippen LogP contribution in [0.3, 0.4) is 0 Å². The van der Waals surface area contributed by atoms with Crippen molar-refractivity contribution in [1.29, 1.82) is 0 Å². The predicted molar refractivity (Wildman–Crippen MR) is 180 cm³/mol. The number of fused-ring (bicyclic) bond motifs is 2. The summed E-state index contributed by atoms with van der Waals surface area (Å²) in [6.07, 6.45) is 2.33. The number of hydrogen-bond acceptors (Lipinski definition) is 8. The van der Waals surface area contributed by atoms with Gasteiger partial charge in [0.1, 0.15) is 5.75 Å². The van der Waals surface area contributed by atoms with Crippen molar-refractivity contribution in [2.24, 2.45) is 5.92 Å². The van der Waals surface area contributed by atoms with Crippen molar-refractivity contribution in [3.63, 3.8) is 0 Å². The zero-order valence-electron chi connectivity index (χ0n) is 27.1. The Hall–Kier alpha value is -4.36. The zero-order valence-corrected chi connectivity index (χ0v) is 28.1. The summed E-state index contributed by atoms with van der Waals surface area (Å²) in [4.78, 5) is 41.0. The lowest BCUT2D eigenvalue weighted by Gasteiger charge is -2.32. The SMILES string of the molecule is COc1ccc2c(c1)[C@@]1(O[C@H](CCn3cc(CCO)nn3)[C@@H]([Si](C)(C)O)[C@@H]1C)C(=O)N2Cc1cccc(NC(=O)c2ccccc2)c1. The third kappa shape index (κ3) is 6.21. The Morgan fingerprint density at radius 3 is 2.62 bits per heavy atom. The number of aryl methyl sites for hydroxylation is 1. The lowest BCUT2D eigenvalue weighted by molar-refractivity contribution is -0.146. The number of ether oxygens (including phenoxy) is 2. The first-order chi connectivity index (χ1) is 22.5. The topological polar surface area (TPSA) is 139 Å². The van der Waals surface area contributed by atoms with E-state index in [0.29, 0.717) is 42.1 Å². The predicted octanol–water partition coefficient (Wildman–Crippen LogP) is 4.51. The minimum absolute atomic E-state index is 0.00899. The number of aliphatic hydroxyl groups excluding tert-OH is 1. The average Bonchev–Trinajstić information content (AvgIpc) is 3.70. The van der Waals surface area contributed by atoms with E-state index in [1.54, 1.807) is 35.0 Å². The Bertz CT molecular complexity index is 1760. The molecule has 1 spiro atoms. The van der Waals surface area contributed by atoms with Crippen LogP contribution in [0.25, 0.3) is 0 Å². The quantitative estimate of drug-likeness (QED) is 0.201. The van der Waals surface area contributed by atoms with Gasteiger partial charge in [0, 0.05) is 54.0 Å². The molecule has 3 heterocycles. The molecule has 3 aromatic carbocycles. The van der Waals surface area contributed by atoms with Crippen molar-refractivity contribution < 1.29 is 29.0 Å². The van der Waals surface area contributed by atoms with Crippen molar-refractivity contribution in [2.75, 3.05) is 23.9 Å². The van der Waals surface area contributed by atoms with Crippen LogP contribution in [0.2, 0.25) is 18.6 Å². The molecule has 11 nitrogen and oxygen atoms in total. The summed E-state index contributed by atoms with van der Waals surface area (Å²) >= 11 is 0. The molecular weight excluding hydrogens is 615 g/mol. The molecule has 2 amide bonds. The molecule has 246 valence electrons. The number of carbonyl (C=O) groups is 2. The first-order valence-corrected chi connectivity index (χ1v) is 18.9. The molecule has 0 radical (unpaired) electrons.